The van der Waals surface area contributed by atoms with E-state index in [0.717, 1.165) is 35.1 Å². The molecule has 3 aliphatic rings. The number of H-pyrrole nitrogens is 1. The molecule has 5 nitrogen and oxygen atoms in total. The van der Waals surface area contributed by atoms with E-state index in [0.29, 0.717) is 12.0 Å². The molecule has 0 saturated heterocycles. The summed E-state index contributed by atoms with van der Waals surface area (Å²) in [7, 11) is 0. The van der Waals surface area contributed by atoms with Gasteiger partial charge in [0.05, 0.1) is 22.3 Å². The molecule has 1 amide bonds. The Labute approximate surface area is 109 Å². The van der Waals surface area contributed by atoms with Crippen molar-refractivity contribution >= 4 is 22.6 Å². The fourth-order valence-corrected chi connectivity index (χ4v) is 2.95. The Bertz CT molecular complexity index is 746. The molecule has 2 heterocycles. The molecule has 2 N–H and O–H groups in total. The summed E-state index contributed by atoms with van der Waals surface area (Å²) >= 11 is 0. The molecule has 1 aliphatic heterocycles. The van der Waals surface area contributed by atoms with E-state index in [9.17, 15) is 9.59 Å². The SMILES string of the molecule is CC1(NC(=O)c2c[nH]c3c4nc-4cc23)CCCC1=O. The summed E-state index contributed by atoms with van der Waals surface area (Å²) in [6.45, 7) is 1.81. The van der Waals surface area contributed by atoms with E-state index in [2.05, 4.69) is 15.3 Å². The lowest BCUT2D eigenvalue weighted by Gasteiger charge is -2.23. The van der Waals surface area contributed by atoms with Gasteiger partial charge in [-0.05, 0) is 25.8 Å². The van der Waals surface area contributed by atoms with Gasteiger partial charge in [-0.15, -0.1) is 0 Å². The van der Waals surface area contributed by atoms with Crippen LogP contribution in [0.4, 0.5) is 0 Å². The minimum atomic E-state index is -0.701. The molecule has 2 aliphatic carbocycles. The molecule has 4 rings (SSSR count). The van der Waals surface area contributed by atoms with Crippen LogP contribution in [0.15, 0.2) is 12.3 Å². The van der Waals surface area contributed by atoms with Crippen molar-refractivity contribution in [3.8, 4) is 11.4 Å². The predicted octanol–water partition coefficient (Wildman–Crippen LogP) is 1.78. The topological polar surface area (TPSA) is 74.8 Å². The van der Waals surface area contributed by atoms with Crippen LogP contribution in [0.1, 0.15) is 36.5 Å². The minimum Gasteiger partial charge on any atom is -0.359 e. The van der Waals surface area contributed by atoms with Crippen molar-refractivity contribution in [2.24, 2.45) is 0 Å². The second-order valence-corrected chi connectivity index (χ2v) is 5.54. The molecule has 1 atom stereocenters. The molecular weight excluding hydrogens is 242 g/mol. The zero-order chi connectivity index (χ0) is 13.2. The van der Waals surface area contributed by atoms with Gasteiger partial charge in [0.1, 0.15) is 5.69 Å². The number of carbonyl (C=O) groups excluding carboxylic acids is 2. The van der Waals surface area contributed by atoms with Crippen molar-refractivity contribution in [1.29, 1.82) is 0 Å². The number of nitrogens with one attached hydrogen (secondary N) is 2. The highest BCUT2D eigenvalue weighted by Gasteiger charge is 2.39. The van der Waals surface area contributed by atoms with Crippen LogP contribution in [0.2, 0.25) is 0 Å². The third-order valence-electron chi connectivity index (χ3n) is 4.19. The maximum Gasteiger partial charge on any atom is 0.254 e. The highest BCUT2D eigenvalue weighted by Crippen LogP contribution is 2.39. The lowest BCUT2D eigenvalue weighted by molar-refractivity contribution is -0.122. The number of hydrogen-bond donors (Lipinski definition) is 2. The van der Waals surface area contributed by atoms with Crippen LogP contribution in [0.3, 0.4) is 0 Å². The van der Waals surface area contributed by atoms with Gasteiger partial charge in [-0.2, -0.15) is 0 Å². The lowest BCUT2D eigenvalue weighted by atomic mass is 9.99. The van der Waals surface area contributed by atoms with E-state index < -0.39 is 5.54 Å². The Balaban J connectivity index is 1.67. The number of ketones is 1. The average molecular weight is 255 g/mol. The van der Waals surface area contributed by atoms with E-state index >= 15 is 0 Å². The second-order valence-electron chi connectivity index (χ2n) is 5.54. The van der Waals surface area contributed by atoms with E-state index in [4.69, 9.17) is 0 Å². The largest absolute Gasteiger partial charge is 0.359 e. The molecule has 1 fully saturated rings. The second kappa shape index (κ2) is 3.23. The Morgan fingerprint density at radius 2 is 2.37 bits per heavy atom. The van der Waals surface area contributed by atoms with E-state index in [1.807, 2.05) is 13.0 Å². The first kappa shape index (κ1) is 10.7. The summed E-state index contributed by atoms with van der Waals surface area (Å²) < 4.78 is 0. The van der Waals surface area contributed by atoms with Crippen LogP contribution in [-0.4, -0.2) is 27.2 Å². The van der Waals surface area contributed by atoms with Gasteiger partial charge in [0.25, 0.3) is 5.91 Å². The van der Waals surface area contributed by atoms with Crippen molar-refractivity contribution in [1.82, 2.24) is 15.3 Å². The van der Waals surface area contributed by atoms with Crippen LogP contribution in [0.25, 0.3) is 22.3 Å². The molecule has 1 unspecified atom stereocenters. The number of hydrogen-bond acceptors (Lipinski definition) is 3. The lowest BCUT2D eigenvalue weighted by Crippen LogP contribution is -2.49. The van der Waals surface area contributed by atoms with Crippen LogP contribution in [0, 0.1) is 0 Å². The fourth-order valence-electron chi connectivity index (χ4n) is 2.95. The van der Waals surface area contributed by atoms with Gasteiger partial charge in [0.15, 0.2) is 5.78 Å². The molecule has 0 aromatic carbocycles. The van der Waals surface area contributed by atoms with Gasteiger partial charge in [-0.25, -0.2) is 4.98 Å². The maximum atomic E-state index is 12.3. The van der Waals surface area contributed by atoms with Gasteiger partial charge in [0.2, 0.25) is 0 Å². The molecule has 0 radical (unpaired) electrons. The third kappa shape index (κ3) is 1.38. The molecule has 1 saturated carbocycles. The number of fused-ring (bicyclic) bond motifs is 3. The van der Waals surface area contributed by atoms with Crippen molar-refractivity contribution in [2.75, 3.05) is 0 Å². The highest BCUT2D eigenvalue weighted by atomic mass is 16.2. The first-order valence-electron chi connectivity index (χ1n) is 6.47. The number of amides is 1. The van der Waals surface area contributed by atoms with Crippen LogP contribution >= 0.6 is 0 Å². The van der Waals surface area contributed by atoms with Crippen molar-refractivity contribution in [3.05, 3.63) is 17.8 Å². The van der Waals surface area contributed by atoms with E-state index in [-0.39, 0.29) is 11.7 Å². The number of carbonyl (C=O) groups is 2. The summed E-state index contributed by atoms with van der Waals surface area (Å²) in [5.41, 5.74) is 2.73. The van der Waals surface area contributed by atoms with E-state index in [1.54, 1.807) is 6.20 Å². The summed E-state index contributed by atoms with van der Waals surface area (Å²) in [6, 6.07) is 1.91. The Kier molecular flexibility index (Phi) is 1.82. The Morgan fingerprint density at radius 1 is 1.53 bits per heavy atom. The smallest absolute Gasteiger partial charge is 0.254 e. The van der Waals surface area contributed by atoms with Crippen molar-refractivity contribution < 1.29 is 9.59 Å². The number of aromatic nitrogens is 2. The van der Waals surface area contributed by atoms with Crippen LogP contribution < -0.4 is 5.32 Å². The van der Waals surface area contributed by atoms with Gasteiger partial charge in [0, 0.05) is 18.0 Å². The molecule has 96 valence electrons. The van der Waals surface area contributed by atoms with Crippen LogP contribution in [-0.2, 0) is 4.79 Å². The quantitative estimate of drug-likeness (QED) is 0.733. The molecular formula is C14H13N3O2. The predicted molar refractivity (Wildman–Crippen MR) is 69.8 cm³/mol. The minimum absolute atomic E-state index is 0.124. The Morgan fingerprint density at radius 3 is 3.11 bits per heavy atom. The monoisotopic (exact) mass is 255 g/mol. The fraction of sp³-hybridized carbons (Fsp3) is 0.357. The van der Waals surface area contributed by atoms with Crippen molar-refractivity contribution in [3.63, 3.8) is 0 Å². The molecule has 5 heteroatoms. The van der Waals surface area contributed by atoms with Gasteiger partial charge in [-0.3, -0.25) is 9.59 Å². The maximum absolute atomic E-state index is 12.3. The first-order valence-corrected chi connectivity index (χ1v) is 6.47. The molecule has 0 spiro atoms. The average Bonchev–Trinajstić information content (AvgIpc) is 2.69. The summed E-state index contributed by atoms with van der Waals surface area (Å²) in [5, 5.41) is 3.78. The Hall–Kier alpha value is -2.17. The summed E-state index contributed by atoms with van der Waals surface area (Å²) in [4.78, 5) is 31.4. The molecule has 1 aromatic rings. The normalized spacial score (nSPS) is 23.9. The number of nitrogens with zero attached hydrogens (tertiary/aromatic N) is 1. The summed E-state index contributed by atoms with van der Waals surface area (Å²) in [6.07, 6.45) is 3.82. The van der Waals surface area contributed by atoms with Crippen LogP contribution in [0.5, 0.6) is 0 Å². The zero-order valence-corrected chi connectivity index (χ0v) is 10.5. The van der Waals surface area contributed by atoms with Gasteiger partial charge < -0.3 is 10.3 Å². The number of rotatable bonds is 2. The number of pyridine rings is 1. The molecule has 1 aromatic heterocycles. The van der Waals surface area contributed by atoms with Gasteiger partial charge in [-0.1, -0.05) is 0 Å². The molecule has 19 heavy (non-hydrogen) atoms. The highest BCUT2D eigenvalue weighted by molar-refractivity contribution is 6.14. The van der Waals surface area contributed by atoms with E-state index in [1.165, 1.54) is 0 Å². The molecule has 0 bridgehead atoms. The summed E-state index contributed by atoms with van der Waals surface area (Å²) in [5.74, 6) is -0.0624. The van der Waals surface area contributed by atoms with Gasteiger partial charge >= 0.3 is 0 Å². The standard InChI is InChI=1S/C14H13N3O2/c1-14(4-2-3-10(14)18)17-13(19)8-6-15-11-7(8)5-9-12(11)16-9/h5-6,15H,2-4H2,1H3,(H,17,19). The number of aromatic amines is 1. The van der Waals surface area contributed by atoms with Crippen molar-refractivity contribution in [2.45, 2.75) is 31.7 Å². The first-order chi connectivity index (χ1) is 9.08. The third-order valence-corrected chi connectivity index (χ3v) is 4.19. The number of Topliss-reactive ketones (excluding diaryl/α,β-unsaturated/α-hetero) is 1. The zero-order valence-electron chi connectivity index (χ0n) is 10.5.